The van der Waals surface area contributed by atoms with Crippen molar-refractivity contribution in [1.29, 1.82) is 0 Å². The topological polar surface area (TPSA) is 111 Å². The van der Waals surface area contributed by atoms with Crippen LogP contribution in [0.1, 0.15) is 28.9 Å². The van der Waals surface area contributed by atoms with Gasteiger partial charge in [-0.2, -0.15) is 5.10 Å². The number of benzene rings is 1. The Morgan fingerprint density at radius 2 is 2.00 bits per heavy atom. The van der Waals surface area contributed by atoms with Gasteiger partial charge in [0.05, 0.1) is 25.7 Å². The highest BCUT2D eigenvalue weighted by molar-refractivity contribution is 6.18. The maximum Gasteiger partial charge on any atom is 0.161 e. The maximum absolute atomic E-state index is 9.96. The summed E-state index contributed by atoms with van der Waals surface area (Å²) >= 11 is 0. The van der Waals surface area contributed by atoms with Gasteiger partial charge in [-0.05, 0) is 44.0 Å². The van der Waals surface area contributed by atoms with Crippen molar-refractivity contribution >= 4 is 16.7 Å². The molecule has 2 aromatic heterocycles. The van der Waals surface area contributed by atoms with Crippen LogP contribution < -0.4 is 10.6 Å². The number of aromatic nitrogens is 3. The molecule has 170 valence electrons. The molecule has 0 radical (unpaired) electrons. The lowest BCUT2D eigenvalue weighted by molar-refractivity contribution is 0.0369. The quantitative estimate of drug-likeness (QED) is 0.330. The van der Waals surface area contributed by atoms with Gasteiger partial charge < -0.3 is 25.0 Å². The zero-order chi connectivity index (χ0) is 22.7. The fraction of sp³-hybridized carbons (Fsp3) is 0.435. The summed E-state index contributed by atoms with van der Waals surface area (Å²) in [4.78, 5) is 11.6. The Morgan fingerprint density at radius 3 is 2.72 bits per heavy atom. The molecule has 32 heavy (non-hydrogen) atoms. The van der Waals surface area contributed by atoms with E-state index >= 15 is 0 Å². The van der Waals surface area contributed by atoms with Crippen LogP contribution in [0.4, 0.5) is 0 Å². The highest BCUT2D eigenvalue weighted by Gasteiger charge is 2.21. The number of hydrogen-bond acceptors (Lipinski definition) is 8. The molecule has 9 heteroatoms. The van der Waals surface area contributed by atoms with Gasteiger partial charge in [-0.1, -0.05) is 0 Å². The van der Waals surface area contributed by atoms with Crippen LogP contribution in [0, 0.1) is 13.8 Å². The summed E-state index contributed by atoms with van der Waals surface area (Å²) in [6.07, 6.45) is 2.58. The van der Waals surface area contributed by atoms with Crippen molar-refractivity contribution in [3.05, 3.63) is 47.0 Å². The molecule has 0 amide bonds. The number of morpholine rings is 1. The number of fused-ring (bicyclic) bond motifs is 1. The lowest BCUT2D eigenvalue weighted by atomic mass is 10.0. The number of aryl methyl sites for hydroxylation is 2. The third-order valence-corrected chi connectivity index (χ3v) is 6.17. The minimum atomic E-state index is 0.0545. The summed E-state index contributed by atoms with van der Waals surface area (Å²) in [5.41, 5.74) is 5.03. The second kappa shape index (κ2) is 9.54. The highest BCUT2D eigenvalue weighted by Crippen LogP contribution is 2.31. The van der Waals surface area contributed by atoms with Crippen LogP contribution in [0.5, 0.6) is 11.5 Å². The van der Waals surface area contributed by atoms with Crippen LogP contribution >= 0.6 is 0 Å². The number of hydrogen-bond donors (Lipinski definition) is 2. The lowest BCUT2D eigenvalue weighted by Gasteiger charge is -2.26. The molecule has 1 saturated heterocycles. The Balaban J connectivity index is 1.68. The molecule has 0 unspecified atom stereocenters. The fourth-order valence-electron chi connectivity index (χ4n) is 4.30. The van der Waals surface area contributed by atoms with E-state index < -0.39 is 0 Å². The van der Waals surface area contributed by atoms with Crippen LogP contribution in [0.25, 0.3) is 11.0 Å². The lowest BCUT2D eigenvalue weighted by Crippen LogP contribution is -2.37. The first kappa shape index (κ1) is 22.0. The van der Waals surface area contributed by atoms with E-state index in [0.29, 0.717) is 22.7 Å². The second-order valence-electron chi connectivity index (χ2n) is 7.95. The molecule has 1 fully saturated rings. The molecule has 0 atom stereocenters. The first-order valence-corrected chi connectivity index (χ1v) is 10.8. The zero-order valence-electron chi connectivity index (χ0n) is 18.8. The van der Waals surface area contributed by atoms with Crippen molar-refractivity contribution in [2.45, 2.75) is 26.8 Å². The summed E-state index contributed by atoms with van der Waals surface area (Å²) in [5.74, 6) is 6.22. The van der Waals surface area contributed by atoms with Crippen LogP contribution in [0.3, 0.4) is 0 Å². The summed E-state index contributed by atoms with van der Waals surface area (Å²) in [6, 6.07) is 5.02. The Bertz CT molecular complexity index is 1130. The molecular formula is C23H30N6O3. The smallest absolute Gasteiger partial charge is 0.161 e. The molecule has 4 rings (SSSR count). The molecule has 0 spiro atoms. The molecule has 3 heterocycles. The Hall–Kier alpha value is -3.17. The van der Waals surface area contributed by atoms with E-state index in [-0.39, 0.29) is 5.75 Å². The molecule has 3 aromatic rings. The number of methoxy groups -OCH3 is 1. The number of hydrazone groups is 1. The molecule has 1 aliphatic rings. The molecule has 0 bridgehead atoms. The predicted octanol–water partition coefficient (Wildman–Crippen LogP) is 2.20. The van der Waals surface area contributed by atoms with E-state index in [1.54, 1.807) is 24.5 Å². The van der Waals surface area contributed by atoms with Gasteiger partial charge in [0.15, 0.2) is 11.5 Å². The van der Waals surface area contributed by atoms with E-state index in [1.165, 1.54) is 7.11 Å². The van der Waals surface area contributed by atoms with Crippen molar-refractivity contribution in [3.8, 4) is 11.5 Å². The number of nitrogens with two attached hydrogens (primary N) is 1. The Kier molecular flexibility index (Phi) is 6.57. The largest absolute Gasteiger partial charge is 0.504 e. The molecule has 9 nitrogen and oxygen atoms in total. The molecular weight excluding hydrogens is 408 g/mol. The minimum Gasteiger partial charge on any atom is -0.504 e. The van der Waals surface area contributed by atoms with Crippen LogP contribution in [-0.4, -0.2) is 70.2 Å². The van der Waals surface area contributed by atoms with Crippen LogP contribution in [-0.2, 0) is 11.3 Å². The van der Waals surface area contributed by atoms with Gasteiger partial charge in [-0.15, -0.1) is 0 Å². The van der Waals surface area contributed by atoms with E-state index in [2.05, 4.69) is 38.4 Å². The first-order chi connectivity index (χ1) is 15.5. The van der Waals surface area contributed by atoms with Gasteiger partial charge in [0.1, 0.15) is 23.4 Å². The molecule has 3 N–H and O–H groups in total. The first-order valence-electron chi connectivity index (χ1n) is 10.8. The van der Waals surface area contributed by atoms with Crippen molar-refractivity contribution in [3.63, 3.8) is 0 Å². The number of nitrogens with zero attached hydrogens (tertiary/aromatic N) is 5. The number of aromatic hydroxyl groups is 1. The van der Waals surface area contributed by atoms with Gasteiger partial charge in [-0.25, -0.2) is 9.97 Å². The number of ether oxygens (including phenoxy) is 2. The van der Waals surface area contributed by atoms with Crippen molar-refractivity contribution in [1.82, 2.24) is 19.4 Å². The zero-order valence-corrected chi connectivity index (χ0v) is 18.8. The van der Waals surface area contributed by atoms with E-state index in [0.717, 1.165) is 68.1 Å². The van der Waals surface area contributed by atoms with Crippen molar-refractivity contribution in [2.24, 2.45) is 10.9 Å². The van der Waals surface area contributed by atoms with Gasteiger partial charge in [-0.3, -0.25) is 4.90 Å². The number of phenols is 1. The molecule has 0 aliphatic carbocycles. The third-order valence-electron chi connectivity index (χ3n) is 6.17. The summed E-state index contributed by atoms with van der Waals surface area (Å²) in [5, 5.41) is 14.9. The van der Waals surface area contributed by atoms with Gasteiger partial charge >= 0.3 is 0 Å². The van der Waals surface area contributed by atoms with Gasteiger partial charge in [0, 0.05) is 37.4 Å². The normalized spacial score (nSPS) is 15.4. The van der Waals surface area contributed by atoms with Gasteiger partial charge in [0.25, 0.3) is 0 Å². The average molecular weight is 439 g/mol. The Labute approximate surface area is 187 Å². The van der Waals surface area contributed by atoms with E-state index in [9.17, 15) is 5.11 Å². The van der Waals surface area contributed by atoms with Crippen LogP contribution in [0.2, 0.25) is 0 Å². The van der Waals surface area contributed by atoms with E-state index in [1.807, 2.05) is 0 Å². The number of rotatable bonds is 7. The maximum atomic E-state index is 9.96. The number of phenolic OH excluding ortho intramolecular Hbond substituents is 1. The standard InChI is InChI=1S/C23H30N6O3/c1-15-16(2)29(8-4-7-28-9-11-32-12-10-28)23-20(15)22(25-14-26-23)21(27-24)17-5-6-18(30)19(13-17)31-3/h5-6,13-14,30H,4,7-12,24H2,1-3H3. The Morgan fingerprint density at radius 1 is 1.22 bits per heavy atom. The van der Waals surface area contributed by atoms with Crippen molar-refractivity contribution in [2.75, 3.05) is 40.0 Å². The van der Waals surface area contributed by atoms with Gasteiger partial charge in [0.2, 0.25) is 0 Å². The average Bonchev–Trinajstić information content (AvgIpc) is 3.06. The summed E-state index contributed by atoms with van der Waals surface area (Å²) < 4.78 is 12.9. The SMILES string of the molecule is COc1cc(C(=NN)c2ncnc3c2c(C)c(C)n3CCCN2CCOCC2)ccc1O. The highest BCUT2D eigenvalue weighted by atomic mass is 16.5. The molecule has 1 aliphatic heterocycles. The summed E-state index contributed by atoms with van der Waals surface area (Å²) in [6.45, 7) is 9.68. The van der Waals surface area contributed by atoms with E-state index in [4.69, 9.17) is 15.3 Å². The van der Waals surface area contributed by atoms with Crippen molar-refractivity contribution < 1.29 is 14.6 Å². The molecule has 1 aromatic carbocycles. The monoisotopic (exact) mass is 438 g/mol. The molecule has 0 saturated carbocycles. The summed E-state index contributed by atoms with van der Waals surface area (Å²) in [7, 11) is 1.51. The predicted molar refractivity (Wildman–Crippen MR) is 123 cm³/mol. The second-order valence-corrected chi connectivity index (χ2v) is 7.95. The third kappa shape index (κ3) is 4.13. The van der Waals surface area contributed by atoms with Crippen LogP contribution in [0.15, 0.2) is 29.6 Å². The fourth-order valence-corrected chi connectivity index (χ4v) is 4.30. The minimum absolute atomic E-state index is 0.0545.